The molecule has 5 heteroatoms. The minimum absolute atomic E-state index is 0.133. The highest BCUT2D eigenvalue weighted by Crippen LogP contribution is 2.18. The molecule has 0 fully saturated rings. The van der Waals surface area contributed by atoms with Crippen molar-refractivity contribution in [2.24, 2.45) is 0 Å². The van der Waals surface area contributed by atoms with Gasteiger partial charge in [0, 0.05) is 24.5 Å². The molecule has 0 radical (unpaired) electrons. The van der Waals surface area contributed by atoms with Crippen LogP contribution in [0.3, 0.4) is 0 Å². The number of nitrogens with one attached hydrogen (secondary N) is 1. The summed E-state index contributed by atoms with van der Waals surface area (Å²) in [7, 11) is 0. The number of para-hydroxylation sites is 1. The smallest absolute Gasteiger partial charge is 0.149 e. The van der Waals surface area contributed by atoms with Crippen LogP contribution in [0, 0.1) is 11.6 Å². The molecule has 0 spiro atoms. The van der Waals surface area contributed by atoms with Gasteiger partial charge in [0.1, 0.15) is 23.6 Å². The third-order valence-electron chi connectivity index (χ3n) is 2.05. The van der Waals surface area contributed by atoms with Crippen molar-refractivity contribution in [3.05, 3.63) is 54.1 Å². The molecule has 0 bridgehead atoms. The highest BCUT2D eigenvalue weighted by Gasteiger charge is 2.07. The molecule has 0 saturated carbocycles. The van der Waals surface area contributed by atoms with Gasteiger partial charge >= 0.3 is 0 Å². The van der Waals surface area contributed by atoms with Gasteiger partial charge in [-0.1, -0.05) is 6.07 Å². The molecule has 1 aromatic carbocycles. The summed E-state index contributed by atoms with van der Waals surface area (Å²) in [5.74, 6) is -1.23. The maximum Gasteiger partial charge on any atom is 0.149 e. The van der Waals surface area contributed by atoms with E-state index in [-0.39, 0.29) is 12.2 Å². The van der Waals surface area contributed by atoms with Gasteiger partial charge in [0.05, 0.1) is 0 Å². The van der Waals surface area contributed by atoms with Gasteiger partial charge in [0.2, 0.25) is 0 Å². The average Bonchev–Trinajstić information content (AvgIpc) is 2.30. The van der Waals surface area contributed by atoms with Gasteiger partial charge in [-0.3, -0.25) is 0 Å². The molecule has 2 rings (SSSR count). The first-order chi connectivity index (χ1) is 7.77. The van der Waals surface area contributed by atoms with Crippen LogP contribution in [0.4, 0.5) is 14.5 Å². The van der Waals surface area contributed by atoms with Gasteiger partial charge in [-0.25, -0.2) is 18.7 Å². The van der Waals surface area contributed by atoms with Crippen molar-refractivity contribution in [2.45, 2.75) is 6.54 Å². The Bertz CT molecular complexity index is 454. The fourth-order valence-electron chi connectivity index (χ4n) is 1.28. The average molecular weight is 221 g/mol. The van der Waals surface area contributed by atoms with Crippen LogP contribution in [0.1, 0.15) is 5.56 Å². The molecule has 0 aliphatic heterocycles. The first-order valence-corrected chi connectivity index (χ1v) is 4.69. The predicted octanol–water partition coefficient (Wildman–Crippen LogP) is 2.37. The highest BCUT2D eigenvalue weighted by atomic mass is 19.1. The maximum absolute atomic E-state index is 13.2. The van der Waals surface area contributed by atoms with Crippen LogP contribution in [-0.4, -0.2) is 9.97 Å². The summed E-state index contributed by atoms with van der Waals surface area (Å²) in [4.78, 5) is 7.61. The van der Waals surface area contributed by atoms with Gasteiger partial charge < -0.3 is 5.32 Å². The lowest BCUT2D eigenvalue weighted by Crippen LogP contribution is -2.04. The Morgan fingerprint density at radius 1 is 1.06 bits per heavy atom. The molecular weight excluding hydrogens is 212 g/mol. The Hall–Kier alpha value is -2.04. The largest absolute Gasteiger partial charge is 0.376 e. The monoisotopic (exact) mass is 221 g/mol. The predicted molar refractivity (Wildman–Crippen MR) is 55.7 cm³/mol. The van der Waals surface area contributed by atoms with Crippen LogP contribution in [0.15, 0.2) is 36.9 Å². The van der Waals surface area contributed by atoms with E-state index in [0.29, 0.717) is 0 Å². The second kappa shape index (κ2) is 4.65. The Balaban J connectivity index is 2.11. The van der Waals surface area contributed by atoms with Gasteiger partial charge in [0.15, 0.2) is 0 Å². The third-order valence-corrected chi connectivity index (χ3v) is 2.05. The molecule has 82 valence electrons. The normalized spacial score (nSPS) is 10.1. The number of halogens is 2. The molecule has 3 nitrogen and oxygen atoms in total. The van der Waals surface area contributed by atoms with E-state index < -0.39 is 11.6 Å². The molecule has 0 amide bonds. The Morgan fingerprint density at radius 3 is 2.31 bits per heavy atom. The molecule has 16 heavy (non-hydrogen) atoms. The number of hydrogen-bond acceptors (Lipinski definition) is 3. The summed E-state index contributed by atoms with van der Waals surface area (Å²) in [6, 6.07) is 3.72. The zero-order valence-electron chi connectivity index (χ0n) is 8.32. The van der Waals surface area contributed by atoms with E-state index in [1.54, 1.807) is 12.4 Å². The van der Waals surface area contributed by atoms with Crippen molar-refractivity contribution in [1.29, 1.82) is 0 Å². The molecule has 0 aliphatic rings. The van der Waals surface area contributed by atoms with Crippen molar-refractivity contribution in [2.75, 3.05) is 5.32 Å². The fourth-order valence-corrected chi connectivity index (χ4v) is 1.28. The SMILES string of the molecule is Fc1cccc(F)c1NCc1cncnc1. The molecule has 0 aliphatic carbocycles. The quantitative estimate of drug-likeness (QED) is 0.864. The first kappa shape index (κ1) is 10.5. The Morgan fingerprint density at radius 2 is 1.69 bits per heavy atom. The van der Waals surface area contributed by atoms with E-state index >= 15 is 0 Å². The number of benzene rings is 1. The van der Waals surface area contributed by atoms with Crippen molar-refractivity contribution >= 4 is 5.69 Å². The van der Waals surface area contributed by atoms with Gasteiger partial charge in [-0.2, -0.15) is 0 Å². The second-order valence-corrected chi connectivity index (χ2v) is 3.20. The fraction of sp³-hybridized carbons (Fsp3) is 0.0909. The third kappa shape index (κ3) is 2.31. The molecule has 0 unspecified atom stereocenters. The minimum atomic E-state index is -0.614. The van der Waals surface area contributed by atoms with Crippen LogP contribution in [0.5, 0.6) is 0 Å². The summed E-state index contributed by atoms with van der Waals surface area (Å²) in [6.45, 7) is 0.276. The van der Waals surface area contributed by atoms with E-state index in [0.717, 1.165) is 5.56 Å². The van der Waals surface area contributed by atoms with Crippen molar-refractivity contribution in [3.63, 3.8) is 0 Å². The van der Waals surface area contributed by atoms with E-state index in [2.05, 4.69) is 15.3 Å². The van der Waals surface area contributed by atoms with Crippen LogP contribution >= 0.6 is 0 Å². The first-order valence-electron chi connectivity index (χ1n) is 4.69. The lowest BCUT2D eigenvalue weighted by Gasteiger charge is -2.07. The van der Waals surface area contributed by atoms with Crippen molar-refractivity contribution < 1.29 is 8.78 Å². The molecule has 2 aromatic rings. The summed E-state index contributed by atoms with van der Waals surface area (Å²) in [6.07, 6.45) is 4.56. The second-order valence-electron chi connectivity index (χ2n) is 3.20. The molecule has 1 N–H and O–H groups in total. The van der Waals surface area contributed by atoms with Crippen molar-refractivity contribution in [1.82, 2.24) is 9.97 Å². The van der Waals surface area contributed by atoms with Gasteiger partial charge in [-0.05, 0) is 12.1 Å². The summed E-state index contributed by atoms with van der Waals surface area (Å²) in [5, 5.41) is 2.67. The molecule has 1 heterocycles. The molecular formula is C11H9F2N3. The van der Waals surface area contributed by atoms with Crippen LogP contribution in [0.2, 0.25) is 0 Å². The van der Waals surface area contributed by atoms with Crippen LogP contribution < -0.4 is 5.32 Å². The van der Waals surface area contributed by atoms with E-state index in [1.165, 1.54) is 24.5 Å². The Kier molecular flexibility index (Phi) is 3.05. The number of nitrogens with zero attached hydrogens (tertiary/aromatic N) is 2. The van der Waals surface area contributed by atoms with Gasteiger partial charge in [-0.15, -0.1) is 0 Å². The summed E-state index contributed by atoms with van der Waals surface area (Å²) < 4.78 is 26.4. The lowest BCUT2D eigenvalue weighted by atomic mass is 10.2. The number of hydrogen-bond donors (Lipinski definition) is 1. The van der Waals surface area contributed by atoms with Crippen molar-refractivity contribution in [3.8, 4) is 0 Å². The zero-order valence-corrected chi connectivity index (χ0v) is 8.32. The van der Waals surface area contributed by atoms with Crippen LogP contribution in [-0.2, 0) is 6.54 Å². The number of rotatable bonds is 3. The topological polar surface area (TPSA) is 37.8 Å². The minimum Gasteiger partial charge on any atom is -0.376 e. The summed E-state index contributed by atoms with van der Waals surface area (Å²) >= 11 is 0. The molecule has 0 atom stereocenters. The van der Waals surface area contributed by atoms with Crippen LogP contribution in [0.25, 0.3) is 0 Å². The maximum atomic E-state index is 13.2. The van der Waals surface area contributed by atoms with Gasteiger partial charge in [0.25, 0.3) is 0 Å². The number of anilines is 1. The van der Waals surface area contributed by atoms with E-state index in [4.69, 9.17) is 0 Å². The highest BCUT2D eigenvalue weighted by molar-refractivity contribution is 5.46. The standard InChI is InChI=1S/C11H9F2N3/c12-9-2-1-3-10(13)11(9)16-6-8-4-14-7-15-5-8/h1-5,7,16H,6H2. The Labute approximate surface area is 91.2 Å². The molecule has 1 aromatic heterocycles. The summed E-state index contributed by atoms with van der Waals surface area (Å²) in [5.41, 5.74) is 0.622. The van der Waals surface area contributed by atoms with E-state index in [9.17, 15) is 8.78 Å². The van der Waals surface area contributed by atoms with E-state index in [1.807, 2.05) is 0 Å². The number of aromatic nitrogens is 2. The molecule has 0 saturated heterocycles. The zero-order chi connectivity index (χ0) is 11.4. The lowest BCUT2D eigenvalue weighted by molar-refractivity contribution is 0.588.